The second-order valence-corrected chi connectivity index (χ2v) is 6.23. The highest BCUT2D eigenvalue weighted by molar-refractivity contribution is 5.76. The lowest BCUT2D eigenvalue weighted by Crippen LogP contribution is -2.33. The molecule has 7 nitrogen and oxygen atoms in total. The lowest BCUT2D eigenvalue weighted by atomic mass is 10.0. The summed E-state index contributed by atoms with van der Waals surface area (Å²) < 4.78 is 1.83. The minimum absolute atomic E-state index is 0.174. The van der Waals surface area contributed by atoms with Gasteiger partial charge in [-0.25, -0.2) is 0 Å². The molecule has 4 rings (SSSR count). The number of benzene rings is 1. The van der Waals surface area contributed by atoms with Gasteiger partial charge in [0, 0.05) is 49.3 Å². The quantitative estimate of drug-likeness (QED) is 0.786. The molecule has 2 aromatic heterocycles. The molecular formula is C18H20N6O. The van der Waals surface area contributed by atoms with Crippen molar-refractivity contribution in [3.8, 4) is 11.3 Å². The van der Waals surface area contributed by atoms with Crippen LogP contribution in [0.4, 0.5) is 0 Å². The van der Waals surface area contributed by atoms with Crippen LogP contribution in [0.25, 0.3) is 11.3 Å². The first kappa shape index (κ1) is 15.6. The van der Waals surface area contributed by atoms with E-state index in [1.807, 2.05) is 27.7 Å². The Morgan fingerprint density at radius 1 is 1.08 bits per heavy atom. The van der Waals surface area contributed by atoms with Gasteiger partial charge < -0.3 is 9.47 Å². The Balaban J connectivity index is 1.43. The fraction of sp³-hybridized carbons (Fsp3) is 0.333. The molecule has 1 aliphatic rings. The molecule has 1 amide bonds. The first-order chi connectivity index (χ1) is 12.3. The highest BCUT2D eigenvalue weighted by Gasteiger charge is 2.22. The Hall–Kier alpha value is -2.96. The Morgan fingerprint density at radius 2 is 1.84 bits per heavy atom. The molecule has 0 bridgehead atoms. The molecule has 3 heterocycles. The Morgan fingerprint density at radius 3 is 2.64 bits per heavy atom. The number of rotatable bonds is 4. The summed E-state index contributed by atoms with van der Waals surface area (Å²) in [6.45, 7) is 2.07. The molecule has 1 N–H and O–H groups in total. The van der Waals surface area contributed by atoms with Crippen LogP contribution in [0.15, 0.2) is 43.0 Å². The zero-order valence-electron chi connectivity index (χ0n) is 13.9. The Kier molecular flexibility index (Phi) is 4.28. The summed E-state index contributed by atoms with van der Waals surface area (Å²) in [6.07, 6.45) is 5.38. The maximum Gasteiger partial charge on any atom is 0.224 e. The van der Waals surface area contributed by atoms with E-state index in [2.05, 4.69) is 32.5 Å². The first-order valence-electron chi connectivity index (χ1n) is 8.53. The average Bonchev–Trinajstić information content (AvgIpc) is 3.26. The van der Waals surface area contributed by atoms with Crippen molar-refractivity contribution in [2.24, 2.45) is 0 Å². The minimum Gasteiger partial charge on any atom is -0.342 e. The van der Waals surface area contributed by atoms with Crippen molar-refractivity contribution < 1.29 is 4.79 Å². The van der Waals surface area contributed by atoms with Gasteiger partial charge in [0.1, 0.15) is 12.7 Å². The van der Waals surface area contributed by atoms with Gasteiger partial charge in [-0.2, -0.15) is 5.10 Å². The van der Waals surface area contributed by atoms with Crippen LogP contribution in [0.3, 0.4) is 0 Å². The molecule has 1 aliphatic heterocycles. The van der Waals surface area contributed by atoms with Crippen molar-refractivity contribution in [1.29, 1.82) is 0 Å². The second-order valence-electron chi connectivity index (χ2n) is 6.23. The van der Waals surface area contributed by atoms with E-state index in [4.69, 9.17) is 0 Å². The van der Waals surface area contributed by atoms with Crippen LogP contribution in [0.1, 0.15) is 17.7 Å². The van der Waals surface area contributed by atoms with E-state index in [0.717, 1.165) is 42.9 Å². The third kappa shape index (κ3) is 3.31. The number of carbonyl (C=O) groups is 1. The maximum atomic E-state index is 12.5. The number of aromatic nitrogens is 5. The van der Waals surface area contributed by atoms with Crippen LogP contribution < -0.4 is 0 Å². The van der Waals surface area contributed by atoms with E-state index in [1.54, 1.807) is 12.7 Å². The molecule has 3 aromatic rings. The molecule has 128 valence electrons. The van der Waals surface area contributed by atoms with Crippen molar-refractivity contribution in [3.63, 3.8) is 0 Å². The second kappa shape index (κ2) is 6.88. The van der Waals surface area contributed by atoms with Crippen LogP contribution in [-0.2, 0) is 24.2 Å². The Bertz CT molecular complexity index is 840. The van der Waals surface area contributed by atoms with Gasteiger partial charge in [0.05, 0.1) is 5.69 Å². The van der Waals surface area contributed by atoms with Gasteiger partial charge in [0.25, 0.3) is 0 Å². The summed E-state index contributed by atoms with van der Waals surface area (Å²) in [5, 5.41) is 15.2. The number of hydrogen-bond donors (Lipinski definition) is 1. The Labute approximate surface area is 145 Å². The normalized spacial score (nSPS) is 14.2. The summed E-state index contributed by atoms with van der Waals surface area (Å²) in [5.41, 5.74) is 4.51. The van der Waals surface area contributed by atoms with Crippen molar-refractivity contribution in [3.05, 3.63) is 54.2 Å². The molecule has 0 radical (unpaired) electrons. The zero-order chi connectivity index (χ0) is 17.1. The van der Waals surface area contributed by atoms with E-state index in [9.17, 15) is 4.79 Å². The summed E-state index contributed by atoms with van der Waals surface area (Å²) in [4.78, 5) is 14.5. The van der Waals surface area contributed by atoms with E-state index >= 15 is 0 Å². The number of nitrogens with zero attached hydrogens (tertiary/aromatic N) is 5. The van der Waals surface area contributed by atoms with Crippen LogP contribution in [-0.4, -0.2) is 48.9 Å². The molecule has 0 saturated carbocycles. The van der Waals surface area contributed by atoms with Crippen LogP contribution >= 0.6 is 0 Å². The van der Waals surface area contributed by atoms with E-state index in [0.29, 0.717) is 13.0 Å². The lowest BCUT2D eigenvalue weighted by molar-refractivity contribution is -0.131. The van der Waals surface area contributed by atoms with Gasteiger partial charge in [0.2, 0.25) is 5.91 Å². The fourth-order valence-electron chi connectivity index (χ4n) is 3.29. The smallest absolute Gasteiger partial charge is 0.224 e. The third-order valence-corrected chi connectivity index (χ3v) is 4.67. The molecule has 0 aliphatic carbocycles. The minimum atomic E-state index is 0.174. The van der Waals surface area contributed by atoms with Crippen molar-refractivity contribution in [2.45, 2.75) is 25.8 Å². The number of fused-ring (bicyclic) bond motifs is 1. The third-order valence-electron chi connectivity index (χ3n) is 4.67. The van der Waals surface area contributed by atoms with E-state index < -0.39 is 0 Å². The fourth-order valence-corrected chi connectivity index (χ4v) is 3.29. The number of H-pyrrole nitrogens is 1. The number of aryl methyl sites for hydroxylation is 1. The highest BCUT2D eigenvalue weighted by Crippen LogP contribution is 2.26. The topological polar surface area (TPSA) is 79.7 Å². The molecule has 0 saturated heterocycles. The van der Waals surface area contributed by atoms with Crippen LogP contribution in [0.5, 0.6) is 0 Å². The lowest BCUT2D eigenvalue weighted by Gasteiger charge is -2.20. The highest BCUT2D eigenvalue weighted by atomic mass is 16.2. The molecule has 7 heteroatoms. The largest absolute Gasteiger partial charge is 0.342 e. The van der Waals surface area contributed by atoms with Crippen molar-refractivity contribution in [2.75, 3.05) is 13.1 Å². The summed E-state index contributed by atoms with van der Waals surface area (Å²) in [7, 11) is 0. The summed E-state index contributed by atoms with van der Waals surface area (Å²) in [5.74, 6) is 0.174. The van der Waals surface area contributed by atoms with Gasteiger partial charge in [0.15, 0.2) is 0 Å². The van der Waals surface area contributed by atoms with Crippen molar-refractivity contribution >= 4 is 5.91 Å². The maximum absolute atomic E-state index is 12.5. The van der Waals surface area contributed by atoms with E-state index in [1.165, 1.54) is 5.56 Å². The standard InChI is InChI=1S/C18H20N6O/c25-17(8-9-23-12-19-20-13-23)24-10-6-15-16(7-11-24)21-22-18(15)14-4-2-1-3-5-14/h1-5,12-13H,6-11H2,(H,21,22). The number of carbonyl (C=O) groups excluding carboxylic acids is 1. The molecule has 0 atom stereocenters. The molecule has 25 heavy (non-hydrogen) atoms. The molecular weight excluding hydrogens is 316 g/mol. The van der Waals surface area contributed by atoms with Gasteiger partial charge >= 0.3 is 0 Å². The number of hydrogen-bond acceptors (Lipinski definition) is 4. The van der Waals surface area contributed by atoms with Gasteiger partial charge in [-0.3, -0.25) is 9.89 Å². The van der Waals surface area contributed by atoms with Crippen LogP contribution in [0.2, 0.25) is 0 Å². The predicted octanol–water partition coefficient (Wildman–Crippen LogP) is 1.69. The number of aromatic amines is 1. The summed E-state index contributed by atoms with van der Waals surface area (Å²) in [6, 6.07) is 10.2. The molecule has 0 spiro atoms. The average molecular weight is 336 g/mol. The van der Waals surface area contributed by atoms with Crippen molar-refractivity contribution in [1.82, 2.24) is 29.9 Å². The van der Waals surface area contributed by atoms with Crippen LogP contribution in [0, 0.1) is 0 Å². The van der Waals surface area contributed by atoms with Gasteiger partial charge in [-0.15, -0.1) is 10.2 Å². The molecule has 1 aromatic carbocycles. The van der Waals surface area contributed by atoms with E-state index in [-0.39, 0.29) is 5.91 Å². The first-order valence-corrected chi connectivity index (χ1v) is 8.53. The molecule has 0 unspecified atom stereocenters. The SMILES string of the molecule is O=C(CCn1cnnc1)N1CCc2[nH]nc(-c3ccccc3)c2CC1. The zero-order valence-corrected chi connectivity index (χ0v) is 13.9. The number of amides is 1. The van der Waals surface area contributed by atoms with Gasteiger partial charge in [-0.05, 0) is 6.42 Å². The number of nitrogens with one attached hydrogen (secondary N) is 1. The summed E-state index contributed by atoms with van der Waals surface area (Å²) >= 11 is 0. The monoisotopic (exact) mass is 336 g/mol. The van der Waals surface area contributed by atoms with Gasteiger partial charge in [-0.1, -0.05) is 30.3 Å². The predicted molar refractivity (Wildman–Crippen MR) is 92.7 cm³/mol. The molecule has 0 fully saturated rings.